The topological polar surface area (TPSA) is 85.5 Å². The molecule has 3 heterocycles. The van der Waals surface area contributed by atoms with E-state index in [1.54, 1.807) is 45.3 Å². The predicted octanol–water partition coefficient (Wildman–Crippen LogP) is 4.02. The number of methoxy groups -OCH3 is 1. The number of aromatic nitrogens is 4. The van der Waals surface area contributed by atoms with Crippen molar-refractivity contribution in [2.45, 2.75) is 38.3 Å². The van der Waals surface area contributed by atoms with Crippen LogP contribution in [0.4, 0.5) is 4.39 Å². The van der Waals surface area contributed by atoms with Crippen molar-refractivity contribution >= 4 is 20.9 Å². The molecule has 0 spiro atoms. The van der Waals surface area contributed by atoms with Gasteiger partial charge in [0.05, 0.1) is 36.7 Å². The molecule has 0 saturated carbocycles. The van der Waals surface area contributed by atoms with Crippen LogP contribution in [0.1, 0.15) is 31.0 Å². The number of rotatable bonds is 9. The Labute approximate surface area is 228 Å². The number of hydrogen-bond acceptors (Lipinski definition) is 6. The fraction of sp³-hybridized carbons (Fsp3) is 0.429. The van der Waals surface area contributed by atoms with Crippen molar-refractivity contribution in [2.24, 2.45) is 5.92 Å². The van der Waals surface area contributed by atoms with Crippen LogP contribution in [0, 0.1) is 18.7 Å². The third-order valence-corrected chi connectivity index (χ3v) is 9.03. The van der Waals surface area contributed by atoms with Crippen LogP contribution >= 0.6 is 0 Å². The van der Waals surface area contributed by atoms with Crippen molar-refractivity contribution in [3.05, 3.63) is 71.9 Å². The molecule has 208 valence electrons. The van der Waals surface area contributed by atoms with Gasteiger partial charge in [-0.25, -0.2) is 17.5 Å². The monoisotopic (exact) mass is 554 g/mol. The van der Waals surface area contributed by atoms with Crippen molar-refractivity contribution in [1.82, 2.24) is 28.8 Å². The molecule has 1 saturated heterocycles. The summed E-state index contributed by atoms with van der Waals surface area (Å²) in [5.41, 5.74) is 3.83. The third-order valence-electron chi connectivity index (χ3n) is 7.21. The fourth-order valence-electron chi connectivity index (χ4n) is 5.27. The Morgan fingerprint density at radius 2 is 1.87 bits per heavy atom. The number of hydrogen-bond donors (Lipinski definition) is 0. The van der Waals surface area contributed by atoms with Gasteiger partial charge in [0.1, 0.15) is 10.7 Å². The van der Waals surface area contributed by atoms with Gasteiger partial charge in [0.2, 0.25) is 10.0 Å². The molecular formula is C28H35FN6O3S. The van der Waals surface area contributed by atoms with E-state index in [2.05, 4.69) is 48.0 Å². The second-order valence-electron chi connectivity index (χ2n) is 10.5. The summed E-state index contributed by atoms with van der Waals surface area (Å²) in [6.07, 6.45) is 4.80. The summed E-state index contributed by atoms with van der Waals surface area (Å²) in [6.45, 7) is 9.60. The smallest absolute Gasteiger partial charge is 0.246 e. The van der Waals surface area contributed by atoms with Gasteiger partial charge in [-0.3, -0.25) is 9.58 Å². The minimum absolute atomic E-state index is 0.113. The number of ether oxygens (including phenoxy) is 1. The molecule has 0 bridgehead atoms. The number of benzene rings is 2. The lowest BCUT2D eigenvalue weighted by molar-refractivity contribution is 0.105. The second kappa shape index (κ2) is 11.2. The van der Waals surface area contributed by atoms with E-state index in [4.69, 9.17) is 4.74 Å². The Morgan fingerprint density at radius 3 is 2.59 bits per heavy atom. The maximum atomic E-state index is 13.6. The summed E-state index contributed by atoms with van der Waals surface area (Å²) in [6, 6.07) is 10.3. The Bertz CT molecular complexity index is 1550. The maximum Gasteiger partial charge on any atom is 0.246 e. The molecule has 1 aliphatic rings. The molecule has 0 aliphatic carbocycles. The highest BCUT2D eigenvalue weighted by molar-refractivity contribution is 7.89. The van der Waals surface area contributed by atoms with Gasteiger partial charge in [-0.2, -0.15) is 14.5 Å². The molecule has 4 aromatic rings. The first-order chi connectivity index (χ1) is 18.7. The third kappa shape index (κ3) is 5.62. The molecule has 0 unspecified atom stereocenters. The number of halogens is 1. The van der Waals surface area contributed by atoms with E-state index >= 15 is 0 Å². The quantitative estimate of drug-likeness (QED) is 0.311. The van der Waals surface area contributed by atoms with E-state index in [9.17, 15) is 12.8 Å². The molecule has 1 aliphatic heterocycles. The molecule has 2 aromatic carbocycles. The molecule has 0 radical (unpaired) electrons. The number of aryl methyl sites for hydroxylation is 1. The molecule has 5 rings (SSSR count). The normalized spacial score (nSPS) is 17.4. The minimum atomic E-state index is -3.71. The van der Waals surface area contributed by atoms with E-state index < -0.39 is 10.0 Å². The molecule has 2 aromatic heterocycles. The SMILES string of the molecule is COCCn1cc(S(=O)(=O)N2CCN(CC(C)C)[C@@H](c3cc4cnn(-c5ccc(F)cc5)c4cc3C)C2)cn1. The second-order valence-corrected chi connectivity index (χ2v) is 12.4. The largest absolute Gasteiger partial charge is 0.383 e. The Morgan fingerprint density at radius 1 is 1.10 bits per heavy atom. The maximum absolute atomic E-state index is 13.6. The van der Waals surface area contributed by atoms with Crippen LogP contribution in [-0.4, -0.2) is 77.1 Å². The van der Waals surface area contributed by atoms with Gasteiger partial charge in [0.15, 0.2) is 0 Å². The molecule has 1 atom stereocenters. The lowest BCUT2D eigenvalue weighted by Gasteiger charge is -2.42. The highest BCUT2D eigenvalue weighted by atomic mass is 32.2. The Kier molecular flexibility index (Phi) is 7.86. The fourth-order valence-corrected chi connectivity index (χ4v) is 6.67. The van der Waals surface area contributed by atoms with Crippen LogP contribution in [0.5, 0.6) is 0 Å². The first kappa shape index (κ1) is 27.4. The summed E-state index contributed by atoms with van der Waals surface area (Å²) in [5, 5.41) is 9.73. The summed E-state index contributed by atoms with van der Waals surface area (Å²) < 4.78 is 50.8. The lowest BCUT2D eigenvalue weighted by Crippen LogP contribution is -2.51. The van der Waals surface area contributed by atoms with E-state index in [0.29, 0.717) is 38.7 Å². The van der Waals surface area contributed by atoms with Crippen LogP contribution < -0.4 is 0 Å². The van der Waals surface area contributed by atoms with Crippen LogP contribution in [0.3, 0.4) is 0 Å². The summed E-state index contributed by atoms with van der Waals surface area (Å²) in [4.78, 5) is 2.58. The van der Waals surface area contributed by atoms with Crippen LogP contribution in [0.15, 0.2) is 59.9 Å². The average Bonchev–Trinajstić information content (AvgIpc) is 3.55. The highest BCUT2D eigenvalue weighted by Gasteiger charge is 2.36. The molecular weight excluding hydrogens is 519 g/mol. The standard InChI is InChI=1S/C28H35FN6O3S/c1-20(2)17-32-9-10-34(39(36,37)25-16-30-33(18-25)11-12-38-4)19-28(32)26-14-22-15-31-35(27(22)13-21(26)3)24-7-5-23(29)6-8-24/h5-8,13-16,18,20,28H,9-12,17,19H2,1-4H3/t28-/m1/s1. The first-order valence-electron chi connectivity index (χ1n) is 13.2. The van der Waals surface area contributed by atoms with Gasteiger partial charge >= 0.3 is 0 Å². The summed E-state index contributed by atoms with van der Waals surface area (Å²) in [7, 11) is -2.11. The minimum Gasteiger partial charge on any atom is -0.383 e. The highest BCUT2D eigenvalue weighted by Crippen LogP contribution is 2.34. The number of sulfonamides is 1. The Hall–Kier alpha value is -3.12. The number of piperazine rings is 1. The molecule has 39 heavy (non-hydrogen) atoms. The molecule has 11 heteroatoms. The van der Waals surface area contributed by atoms with E-state index in [-0.39, 0.29) is 16.8 Å². The van der Waals surface area contributed by atoms with Gasteiger partial charge in [-0.15, -0.1) is 0 Å². The summed E-state index contributed by atoms with van der Waals surface area (Å²) in [5.74, 6) is 0.137. The van der Waals surface area contributed by atoms with Crippen LogP contribution in [0.25, 0.3) is 16.6 Å². The molecule has 1 fully saturated rings. The van der Waals surface area contributed by atoms with Crippen molar-refractivity contribution in [3.8, 4) is 5.69 Å². The van der Waals surface area contributed by atoms with Crippen molar-refractivity contribution < 1.29 is 17.5 Å². The van der Waals surface area contributed by atoms with Crippen molar-refractivity contribution in [1.29, 1.82) is 0 Å². The van der Waals surface area contributed by atoms with E-state index in [1.165, 1.54) is 18.3 Å². The zero-order chi connectivity index (χ0) is 27.7. The number of fused-ring (bicyclic) bond motifs is 1. The van der Waals surface area contributed by atoms with E-state index in [1.807, 2.05) is 0 Å². The van der Waals surface area contributed by atoms with Gasteiger partial charge in [0.25, 0.3) is 0 Å². The molecule has 9 nitrogen and oxygen atoms in total. The Balaban J connectivity index is 1.48. The van der Waals surface area contributed by atoms with E-state index in [0.717, 1.165) is 34.3 Å². The summed E-state index contributed by atoms with van der Waals surface area (Å²) >= 11 is 0. The van der Waals surface area contributed by atoms with Crippen molar-refractivity contribution in [3.63, 3.8) is 0 Å². The van der Waals surface area contributed by atoms with Gasteiger partial charge in [-0.1, -0.05) is 13.8 Å². The van der Waals surface area contributed by atoms with Gasteiger partial charge in [0, 0.05) is 50.9 Å². The predicted molar refractivity (Wildman–Crippen MR) is 148 cm³/mol. The zero-order valence-corrected chi connectivity index (χ0v) is 23.6. The van der Waals surface area contributed by atoms with Gasteiger partial charge in [-0.05, 0) is 60.4 Å². The number of nitrogens with zero attached hydrogens (tertiary/aromatic N) is 6. The average molecular weight is 555 g/mol. The van der Waals surface area contributed by atoms with Crippen molar-refractivity contribution in [2.75, 3.05) is 39.9 Å². The molecule has 0 N–H and O–H groups in total. The first-order valence-corrected chi connectivity index (χ1v) is 14.6. The van der Waals surface area contributed by atoms with Crippen LogP contribution in [0.2, 0.25) is 0 Å². The lowest BCUT2D eigenvalue weighted by atomic mass is 9.96. The van der Waals surface area contributed by atoms with Crippen LogP contribution in [-0.2, 0) is 21.3 Å². The molecule has 0 amide bonds. The van der Waals surface area contributed by atoms with Gasteiger partial charge < -0.3 is 4.74 Å². The zero-order valence-electron chi connectivity index (χ0n) is 22.8.